The molecule has 1 aliphatic heterocycles. The van der Waals surface area contributed by atoms with E-state index in [1.54, 1.807) is 12.4 Å². The highest BCUT2D eigenvalue weighted by molar-refractivity contribution is 5.59. The summed E-state index contributed by atoms with van der Waals surface area (Å²) in [5.74, 6) is 1.59. The lowest BCUT2D eigenvalue weighted by Gasteiger charge is -2.19. The second-order valence-electron chi connectivity index (χ2n) is 4.11. The van der Waals surface area contributed by atoms with Gasteiger partial charge >= 0.3 is 0 Å². The van der Waals surface area contributed by atoms with E-state index in [2.05, 4.69) is 20.3 Å². The molecule has 0 amide bonds. The third-order valence-corrected chi connectivity index (χ3v) is 3.00. The molecule has 3 rings (SSSR count). The van der Waals surface area contributed by atoms with Crippen molar-refractivity contribution in [3.8, 4) is 11.4 Å². The van der Waals surface area contributed by atoms with E-state index in [1.807, 2.05) is 19.2 Å². The Labute approximate surface area is 105 Å². The lowest BCUT2D eigenvalue weighted by atomic mass is 10.1. The second kappa shape index (κ2) is 4.70. The first-order valence-corrected chi connectivity index (χ1v) is 5.94. The molecule has 5 heteroatoms. The van der Waals surface area contributed by atoms with Crippen LogP contribution in [0.3, 0.4) is 0 Å². The molecule has 0 bridgehead atoms. The quantitative estimate of drug-likeness (QED) is 0.867. The summed E-state index contributed by atoms with van der Waals surface area (Å²) in [6.45, 7) is 1.31. The lowest BCUT2D eigenvalue weighted by molar-refractivity contribution is 0.109. The van der Waals surface area contributed by atoms with Crippen molar-refractivity contribution < 1.29 is 4.74 Å². The van der Waals surface area contributed by atoms with Gasteiger partial charge in [0.25, 0.3) is 0 Å². The van der Waals surface area contributed by atoms with E-state index in [1.165, 1.54) is 0 Å². The van der Waals surface area contributed by atoms with E-state index in [4.69, 9.17) is 4.74 Å². The number of nitrogens with zero attached hydrogens (tertiary/aromatic N) is 3. The van der Waals surface area contributed by atoms with Crippen molar-refractivity contribution in [2.45, 2.75) is 13.0 Å². The van der Waals surface area contributed by atoms with Gasteiger partial charge in [0, 0.05) is 37.0 Å². The van der Waals surface area contributed by atoms with Gasteiger partial charge in [-0.15, -0.1) is 0 Å². The number of nitrogens with one attached hydrogen (secondary N) is 1. The Balaban J connectivity index is 2.12. The Bertz CT molecular complexity index is 539. The van der Waals surface area contributed by atoms with Gasteiger partial charge < -0.3 is 10.1 Å². The first-order valence-electron chi connectivity index (χ1n) is 5.94. The average Bonchev–Trinajstić information content (AvgIpc) is 2.47. The molecule has 1 aliphatic rings. The molecule has 0 aliphatic carbocycles. The van der Waals surface area contributed by atoms with Crippen LogP contribution in [-0.4, -0.2) is 28.6 Å². The molecule has 0 spiro atoms. The van der Waals surface area contributed by atoms with Crippen LogP contribution < -0.4 is 5.32 Å². The normalized spacial score (nSPS) is 14.1. The van der Waals surface area contributed by atoms with Crippen molar-refractivity contribution in [3.63, 3.8) is 0 Å². The van der Waals surface area contributed by atoms with Crippen LogP contribution in [-0.2, 0) is 17.8 Å². The highest BCUT2D eigenvalue weighted by Gasteiger charge is 2.18. The molecule has 2 aromatic heterocycles. The molecule has 92 valence electrons. The summed E-state index contributed by atoms with van der Waals surface area (Å²) in [5.41, 5.74) is 3.13. The van der Waals surface area contributed by atoms with Gasteiger partial charge in [-0.05, 0) is 12.1 Å². The van der Waals surface area contributed by atoms with Crippen LogP contribution in [0.15, 0.2) is 24.5 Å². The summed E-state index contributed by atoms with van der Waals surface area (Å²) >= 11 is 0. The van der Waals surface area contributed by atoms with E-state index in [9.17, 15) is 0 Å². The minimum absolute atomic E-state index is 0.585. The molecule has 5 nitrogen and oxygen atoms in total. The van der Waals surface area contributed by atoms with Crippen LogP contribution in [0.2, 0.25) is 0 Å². The standard InChI is InChI=1S/C13H14N4O/c1-14-13-10-8-18-7-4-11(10)16-12(17-13)9-2-5-15-6-3-9/h2-3,5-6H,4,7-8H2,1H3,(H,14,16,17). The smallest absolute Gasteiger partial charge is 0.161 e. The molecular formula is C13H14N4O. The van der Waals surface area contributed by atoms with Crippen LogP contribution >= 0.6 is 0 Å². The zero-order chi connectivity index (χ0) is 12.4. The van der Waals surface area contributed by atoms with Gasteiger partial charge in [-0.25, -0.2) is 9.97 Å². The van der Waals surface area contributed by atoms with Gasteiger partial charge in [0.1, 0.15) is 5.82 Å². The average molecular weight is 242 g/mol. The van der Waals surface area contributed by atoms with Crippen molar-refractivity contribution in [1.82, 2.24) is 15.0 Å². The molecule has 0 aromatic carbocycles. The SMILES string of the molecule is CNc1nc(-c2ccncc2)nc2c1COCC2. The second-order valence-corrected chi connectivity index (χ2v) is 4.11. The number of hydrogen-bond acceptors (Lipinski definition) is 5. The first-order chi connectivity index (χ1) is 8.88. The van der Waals surface area contributed by atoms with Gasteiger partial charge in [-0.1, -0.05) is 0 Å². The molecule has 0 saturated carbocycles. The fourth-order valence-electron chi connectivity index (χ4n) is 2.07. The molecule has 0 atom stereocenters. The van der Waals surface area contributed by atoms with Gasteiger partial charge in [-0.3, -0.25) is 4.98 Å². The maximum atomic E-state index is 5.45. The van der Waals surface area contributed by atoms with E-state index in [0.29, 0.717) is 6.61 Å². The highest BCUT2D eigenvalue weighted by Crippen LogP contribution is 2.25. The summed E-state index contributed by atoms with van der Waals surface area (Å²) in [7, 11) is 1.87. The van der Waals surface area contributed by atoms with Crippen molar-refractivity contribution in [3.05, 3.63) is 35.8 Å². The van der Waals surface area contributed by atoms with Crippen molar-refractivity contribution >= 4 is 5.82 Å². The Morgan fingerprint density at radius 1 is 1.22 bits per heavy atom. The predicted octanol–water partition coefficient (Wildman–Crippen LogP) is 1.65. The van der Waals surface area contributed by atoms with Gasteiger partial charge in [0.2, 0.25) is 0 Å². The summed E-state index contributed by atoms with van der Waals surface area (Å²) < 4.78 is 5.45. The van der Waals surface area contributed by atoms with Crippen molar-refractivity contribution in [2.24, 2.45) is 0 Å². The topological polar surface area (TPSA) is 59.9 Å². The lowest BCUT2D eigenvalue weighted by Crippen LogP contribution is -2.16. The van der Waals surface area contributed by atoms with E-state index in [-0.39, 0.29) is 0 Å². The molecule has 18 heavy (non-hydrogen) atoms. The monoisotopic (exact) mass is 242 g/mol. The third kappa shape index (κ3) is 1.93. The van der Waals surface area contributed by atoms with Crippen LogP contribution in [0.1, 0.15) is 11.3 Å². The first kappa shape index (κ1) is 11.1. The van der Waals surface area contributed by atoms with E-state index >= 15 is 0 Å². The third-order valence-electron chi connectivity index (χ3n) is 3.00. The van der Waals surface area contributed by atoms with E-state index in [0.717, 1.165) is 41.5 Å². The number of fused-ring (bicyclic) bond motifs is 1. The van der Waals surface area contributed by atoms with Crippen LogP contribution in [0, 0.1) is 0 Å². The highest BCUT2D eigenvalue weighted by atomic mass is 16.5. The molecular weight excluding hydrogens is 228 g/mol. The fraction of sp³-hybridized carbons (Fsp3) is 0.308. The minimum Gasteiger partial charge on any atom is -0.376 e. The number of anilines is 1. The van der Waals surface area contributed by atoms with Gasteiger partial charge in [0.05, 0.1) is 18.9 Å². The maximum absolute atomic E-state index is 5.45. The largest absolute Gasteiger partial charge is 0.376 e. The van der Waals surface area contributed by atoms with Crippen LogP contribution in [0.5, 0.6) is 0 Å². The van der Waals surface area contributed by atoms with Crippen molar-refractivity contribution in [1.29, 1.82) is 0 Å². The maximum Gasteiger partial charge on any atom is 0.161 e. The Morgan fingerprint density at radius 3 is 2.83 bits per heavy atom. The summed E-state index contributed by atoms with van der Waals surface area (Å²) in [6.07, 6.45) is 4.34. The minimum atomic E-state index is 0.585. The Morgan fingerprint density at radius 2 is 2.06 bits per heavy atom. The van der Waals surface area contributed by atoms with Gasteiger partial charge in [-0.2, -0.15) is 0 Å². The van der Waals surface area contributed by atoms with Gasteiger partial charge in [0.15, 0.2) is 5.82 Å². The molecule has 2 aromatic rings. The number of pyridine rings is 1. The summed E-state index contributed by atoms with van der Waals surface area (Å²) in [6, 6.07) is 3.83. The van der Waals surface area contributed by atoms with Crippen LogP contribution in [0.25, 0.3) is 11.4 Å². The number of hydrogen-bond donors (Lipinski definition) is 1. The molecule has 0 saturated heterocycles. The predicted molar refractivity (Wildman–Crippen MR) is 68.2 cm³/mol. The van der Waals surface area contributed by atoms with Crippen molar-refractivity contribution in [2.75, 3.05) is 19.0 Å². The zero-order valence-electron chi connectivity index (χ0n) is 10.2. The fourth-order valence-corrected chi connectivity index (χ4v) is 2.07. The molecule has 0 fully saturated rings. The van der Waals surface area contributed by atoms with E-state index < -0.39 is 0 Å². The summed E-state index contributed by atoms with van der Waals surface area (Å²) in [5, 5.41) is 3.12. The summed E-state index contributed by atoms with van der Waals surface area (Å²) in [4.78, 5) is 13.2. The zero-order valence-corrected chi connectivity index (χ0v) is 10.2. The Kier molecular flexibility index (Phi) is 2.90. The van der Waals surface area contributed by atoms with Crippen LogP contribution in [0.4, 0.5) is 5.82 Å². The molecule has 0 radical (unpaired) electrons. The molecule has 1 N–H and O–H groups in total. The number of aromatic nitrogens is 3. The number of ether oxygens (including phenoxy) is 1. The Hall–Kier alpha value is -2.01. The molecule has 0 unspecified atom stereocenters. The molecule has 3 heterocycles. The number of rotatable bonds is 2.